The lowest BCUT2D eigenvalue weighted by Gasteiger charge is -2.21. The molecule has 0 aliphatic rings. The van der Waals surface area contributed by atoms with Crippen LogP contribution in [0.2, 0.25) is 0 Å². The molecule has 0 aliphatic heterocycles. The zero-order valence-electron chi connectivity index (χ0n) is 16.6. The van der Waals surface area contributed by atoms with Crippen LogP contribution in [0.15, 0.2) is 89.5 Å². The highest BCUT2D eigenvalue weighted by molar-refractivity contribution is 5.94. The highest BCUT2D eigenvalue weighted by Crippen LogP contribution is 2.30. The van der Waals surface area contributed by atoms with Crippen molar-refractivity contribution in [1.29, 1.82) is 0 Å². The minimum absolute atomic E-state index is 0.0978. The maximum absolute atomic E-state index is 12.7. The van der Waals surface area contributed by atoms with E-state index in [2.05, 4.69) is 10.1 Å². The second kappa shape index (κ2) is 9.05. The van der Waals surface area contributed by atoms with Crippen molar-refractivity contribution in [3.63, 3.8) is 0 Å². The summed E-state index contributed by atoms with van der Waals surface area (Å²) in [7, 11) is 0. The van der Waals surface area contributed by atoms with Gasteiger partial charge in [0, 0.05) is 17.8 Å². The molecule has 1 amide bonds. The summed E-state index contributed by atoms with van der Waals surface area (Å²) in [4.78, 5) is 18.9. The number of nitrogens with zero attached hydrogens (tertiary/aromatic N) is 3. The lowest BCUT2D eigenvalue weighted by molar-refractivity contribution is -0.120. The predicted molar refractivity (Wildman–Crippen MR) is 115 cm³/mol. The Bertz CT molecular complexity index is 1110. The molecule has 0 bridgehead atoms. The number of likely N-dealkylation sites (N-methyl/N-ethyl adjacent to an activating group) is 1. The number of carbonyl (C=O) groups excluding carboxylic acids is 1. The van der Waals surface area contributed by atoms with Crippen LogP contribution in [0.5, 0.6) is 5.75 Å². The molecule has 4 rings (SSSR count). The van der Waals surface area contributed by atoms with Gasteiger partial charge in [-0.25, -0.2) is 0 Å². The molecule has 0 unspecified atom stereocenters. The molecule has 0 radical (unpaired) electrons. The minimum atomic E-state index is -0.131. The van der Waals surface area contributed by atoms with Gasteiger partial charge in [0.1, 0.15) is 5.75 Å². The fourth-order valence-corrected chi connectivity index (χ4v) is 3.13. The fourth-order valence-electron chi connectivity index (χ4n) is 3.13. The Morgan fingerprint density at radius 1 is 0.933 bits per heavy atom. The average Bonchev–Trinajstić information content (AvgIpc) is 3.30. The Kier molecular flexibility index (Phi) is 5.85. The molecule has 1 aromatic heterocycles. The molecular weight excluding hydrogens is 378 g/mol. The minimum Gasteiger partial charge on any atom is -0.483 e. The Labute approximate surface area is 174 Å². The van der Waals surface area contributed by atoms with Crippen molar-refractivity contribution in [3.8, 4) is 28.6 Å². The Balaban J connectivity index is 1.52. The van der Waals surface area contributed by atoms with Gasteiger partial charge in [-0.15, -0.1) is 0 Å². The van der Waals surface area contributed by atoms with E-state index in [0.717, 1.165) is 11.3 Å². The van der Waals surface area contributed by atoms with Crippen LogP contribution < -0.4 is 9.64 Å². The number of amides is 1. The molecule has 3 aromatic carbocycles. The van der Waals surface area contributed by atoms with Gasteiger partial charge in [-0.3, -0.25) is 4.79 Å². The fraction of sp³-hybridized carbons (Fsp3) is 0.125. The zero-order chi connectivity index (χ0) is 20.8. The number of rotatable bonds is 7. The van der Waals surface area contributed by atoms with Crippen LogP contribution >= 0.6 is 0 Å². The SMILES string of the molecule is CCN(C(=O)COc1ccccc1-c1nc(-c2ccccc2)no1)c1ccccc1. The van der Waals surface area contributed by atoms with Crippen LogP contribution in [-0.4, -0.2) is 29.2 Å². The van der Waals surface area contributed by atoms with E-state index < -0.39 is 0 Å². The highest BCUT2D eigenvalue weighted by atomic mass is 16.5. The van der Waals surface area contributed by atoms with E-state index in [1.807, 2.05) is 85.8 Å². The van der Waals surface area contributed by atoms with E-state index in [0.29, 0.717) is 29.6 Å². The van der Waals surface area contributed by atoms with Crippen molar-refractivity contribution in [3.05, 3.63) is 84.9 Å². The summed E-state index contributed by atoms with van der Waals surface area (Å²) in [6.07, 6.45) is 0. The quantitative estimate of drug-likeness (QED) is 0.445. The molecule has 0 fully saturated rings. The first kappa shape index (κ1) is 19.4. The molecule has 6 nitrogen and oxygen atoms in total. The van der Waals surface area contributed by atoms with E-state index >= 15 is 0 Å². The first-order valence-electron chi connectivity index (χ1n) is 9.73. The molecule has 0 atom stereocenters. The number of benzene rings is 3. The lowest BCUT2D eigenvalue weighted by atomic mass is 10.2. The Morgan fingerprint density at radius 2 is 1.60 bits per heavy atom. The smallest absolute Gasteiger partial charge is 0.264 e. The van der Waals surface area contributed by atoms with Crippen LogP contribution in [0, 0.1) is 0 Å². The van der Waals surface area contributed by atoms with Crippen LogP contribution in [0.25, 0.3) is 22.8 Å². The van der Waals surface area contributed by atoms with Gasteiger partial charge in [0.15, 0.2) is 6.61 Å². The number of para-hydroxylation sites is 2. The first-order valence-corrected chi connectivity index (χ1v) is 9.73. The highest BCUT2D eigenvalue weighted by Gasteiger charge is 2.18. The van der Waals surface area contributed by atoms with Gasteiger partial charge in [0.25, 0.3) is 11.8 Å². The molecule has 6 heteroatoms. The number of anilines is 1. The summed E-state index contributed by atoms with van der Waals surface area (Å²) in [6.45, 7) is 2.39. The van der Waals surface area contributed by atoms with Gasteiger partial charge in [-0.1, -0.05) is 65.8 Å². The number of hydrogen-bond acceptors (Lipinski definition) is 5. The summed E-state index contributed by atoms with van der Waals surface area (Å²) >= 11 is 0. The molecule has 0 saturated carbocycles. The number of carbonyl (C=O) groups is 1. The molecule has 4 aromatic rings. The molecule has 150 valence electrons. The number of hydrogen-bond donors (Lipinski definition) is 0. The van der Waals surface area contributed by atoms with E-state index in [1.165, 1.54) is 0 Å². The van der Waals surface area contributed by atoms with Gasteiger partial charge in [-0.05, 0) is 31.2 Å². The van der Waals surface area contributed by atoms with Crippen molar-refractivity contribution in [2.75, 3.05) is 18.1 Å². The van der Waals surface area contributed by atoms with Crippen LogP contribution in [0.3, 0.4) is 0 Å². The van der Waals surface area contributed by atoms with Crippen molar-refractivity contribution >= 4 is 11.6 Å². The van der Waals surface area contributed by atoms with Gasteiger partial charge in [0.2, 0.25) is 5.82 Å². The Hall–Kier alpha value is -3.93. The number of aromatic nitrogens is 2. The van der Waals surface area contributed by atoms with Gasteiger partial charge in [-0.2, -0.15) is 4.98 Å². The van der Waals surface area contributed by atoms with E-state index in [1.54, 1.807) is 11.0 Å². The summed E-state index contributed by atoms with van der Waals surface area (Å²) < 4.78 is 11.3. The monoisotopic (exact) mass is 399 g/mol. The van der Waals surface area contributed by atoms with E-state index in [9.17, 15) is 4.79 Å². The third kappa shape index (κ3) is 4.22. The predicted octanol–water partition coefficient (Wildman–Crippen LogP) is 4.84. The van der Waals surface area contributed by atoms with Gasteiger partial charge < -0.3 is 14.2 Å². The summed E-state index contributed by atoms with van der Waals surface area (Å²) in [5.74, 6) is 1.22. The Morgan fingerprint density at radius 3 is 2.33 bits per heavy atom. The molecule has 0 spiro atoms. The molecule has 0 saturated heterocycles. The second-order valence-electron chi connectivity index (χ2n) is 6.55. The van der Waals surface area contributed by atoms with Crippen molar-refractivity contribution in [2.45, 2.75) is 6.92 Å². The van der Waals surface area contributed by atoms with Crippen LogP contribution in [-0.2, 0) is 4.79 Å². The first-order chi connectivity index (χ1) is 14.8. The lowest BCUT2D eigenvalue weighted by Crippen LogP contribution is -2.34. The summed E-state index contributed by atoms with van der Waals surface area (Å²) in [6, 6.07) is 26.4. The third-order valence-electron chi connectivity index (χ3n) is 4.61. The average molecular weight is 399 g/mol. The van der Waals surface area contributed by atoms with E-state index in [-0.39, 0.29) is 12.5 Å². The largest absolute Gasteiger partial charge is 0.483 e. The topological polar surface area (TPSA) is 68.5 Å². The maximum atomic E-state index is 12.7. The van der Waals surface area contributed by atoms with Crippen molar-refractivity contribution in [1.82, 2.24) is 10.1 Å². The van der Waals surface area contributed by atoms with Crippen LogP contribution in [0.4, 0.5) is 5.69 Å². The van der Waals surface area contributed by atoms with Crippen molar-refractivity contribution in [2.24, 2.45) is 0 Å². The standard InChI is InChI=1S/C24H21N3O3/c1-2-27(19-13-7-4-8-14-19)22(28)17-29-21-16-10-9-15-20(21)24-25-23(26-30-24)18-11-5-3-6-12-18/h3-16H,2,17H2,1H3. The molecule has 1 heterocycles. The van der Waals surface area contributed by atoms with E-state index in [4.69, 9.17) is 9.26 Å². The maximum Gasteiger partial charge on any atom is 0.264 e. The normalized spacial score (nSPS) is 10.6. The molecule has 30 heavy (non-hydrogen) atoms. The molecule has 0 aliphatic carbocycles. The van der Waals surface area contributed by atoms with Gasteiger partial charge >= 0.3 is 0 Å². The van der Waals surface area contributed by atoms with Crippen LogP contribution in [0.1, 0.15) is 6.92 Å². The summed E-state index contributed by atoms with van der Waals surface area (Å²) in [5.41, 5.74) is 2.34. The third-order valence-corrected chi connectivity index (χ3v) is 4.61. The zero-order valence-corrected chi connectivity index (χ0v) is 16.6. The second-order valence-corrected chi connectivity index (χ2v) is 6.55. The van der Waals surface area contributed by atoms with Crippen molar-refractivity contribution < 1.29 is 14.1 Å². The summed E-state index contributed by atoms with van der Waals surface area (Å²) in [5, 5.41) is 4.06. The number of ether oxygens (including phenoxy) is 1. The molecule has 0 N–H and O–H groups in total. The molecular formula is C24H21N3O3. The van der Waals surface area contributed by atoms with Gasteiger partial charge in [0.05, 0.1) is 5.56 Å².